The van der Waals surface area contributed by atoms with E-state index in [0.717, 1.165) is 25.7 Å². The maximum atomic E-state index is 13.8. The van der Waals surface area contributed by atoms with Crippen LogP contribution in [0.1, 0.15) is 89.8 Å². The molecule has 2 aliphatic rings. The van der Waals surface area contributed by atoms with E-state index in [2.05, 4.69) is 32.2 Å². The molecule has 5 atom stereocenters. The summed E-state index contributed by atoms with van der Waals surface area (Å²) in [7, 11) is 0. The molecule has 1 saturated heterocycles. The molecular weight excluding hydrogens is 582 g/mol. The highest BCUT2D eigenvalue weighted by Crippen LogP contribution is 2.33. The van der Waals surface area contributed by atoms with Gasteiger partial charge < -0.3 is 42.5 Å². The lowest BCUT2D eigenvalue weighted by atomic mass is 9.84. The number of likely N-dealkylation sites (tertiary alicyclic amines) is 1. The minimum absolute atomic E-state index is 0.0910. The Morgan fingerprint density at radius 3 is 2.53 bits per heavy atom. The number of aliphatic hydroxyl groups is 2. The van der Waals surface area contributed by atoms with Crippen molar-refractivity contribution in [2.75, 3.05) is 19.6 Å². The van der Waals surface area contributed by atoms with Crippen molar-refractivity contribution < 1.29 is 29.4 Å². The summed E-state index contributed by atoms with van der Waals surface area (Å²) < 4.78 is 1.53. The Bertz CT molecular complexity index is 1200. The van der Waals surface area contributed by atoms with Crippen LogP contribution in [0.25, 0.3) is 0 Å². The van der Waals surface area contributed by atoms with Crippen LogP contribution in [0, 0.1) is 18.3 Å². The minimum atomic E-state index is -1.67. The van der Waals surface area contributed by atoms with Crippen LogP contribution in [0.15, 0.2) is 6.20 Å². The molecular formula is C30H49N9O6. The Balaban J connectivity index is 1.74. The van der Waals surface area contributed by atoms with Gasteiger partial charge in [0.1, 0.15) is 11.6 Å². The molecule has 15 heteroatoms. The summed E-state index contributed by atoms with van der Waals surface area (Å²) >= 11 is 0. The molecule has 45 heavy (non-hydrogen) atoms. The van der Waals surface area contributed by atoms with Gasteiger partial charge in [-0.05, 0) is 45.4 Å². The molecule has 3 rings (SSSR count). The average Bonchev–Trinajstić information content (AvgIpc) is 3.67. The fourth-order valence-electron chi connectivity index (χ4n) is 6.20. The van der Waals surface area contributed by atoms with Gasteiger partial charge in [0, 0.05) is 19.5 Å². The molecule has 15 nitrogen and oxygen atoms in total. The van der Waals surface area contributed by atoms with Crippen LogP contribution in [-0.2, 0) is 20.0 Å². The Labute approximate surface area is 264 Å². The lowest BCUT2D eigenvalue weighted by molar-refractivity contribution is -0.141. The number of aliphatic hydroxyl groups excluding tert-OH is 1. The van der Waals surface area contributed by atoms with Crippen molar-refractivity contribution in [3.63, 3.8) is 0 Å². The summed E-state index contributed by atoms with van der Waals surface area (Å²) in [6.45, 7) is 3.70. The fourth-order valence-corrected chi connectivity index (χ4v) is 6.20. The van der Waals surface area contributed by atoms with Crippen LogP contribution in [0.3, 0.4) is 0 Å². The van der Waals surface area contributed by atoms with Crippen molar-refractivity contribution >= 4 is 23.8 Å². The zero-order chi connectivity index (χ0) is 33.1. The lowest BCUT2D eigenvalue weighted by Gasteiger charge is -2.31. The van der Waals surface area contributed by atoms with Gasteiger partial charge in [-0.25, -0.2) is 9.48 Å². The van der Waals surface area contributed by atoms with E-state index in [1.807, 2.05) is 0 Å². The van der Waals surface area contributed by atoms with E-state index in [1.54, 1.807) is 13.8 Å². The number of hydrogen-bond acceptors (Lipinski definition) is 9. The number of nitrogens with two attached hydrogens (primary N) is 2. The van der Waals surface area contributed by atoms with Crippen molar-refractivity contribution in [3.05, 3.63) is 11.9 Å². The summed E-state index contributed by atoms with van der Waals surface area (Å²) in [6, 6.07) is -3.72. The molecule has 0 aromatic carbocycles. The van der Waals surface area contributed by atoms with Crippen LogP contribution >= 0.6 is 0 Å². The lowest BCUT2D eigenvalue weighted by Crippen LogP contribution is -2.56. The minimum Gasteiger partial charge on any atom is -0.384 e. The van der Waals surface area contributed by atoms with Gasteiger partial charge in [-0.2, -0.15) is 0 Å². The molecule has 1 aromatic rings. The van der Waals surface area contributed by atoms with Gasteiger partial charge in [0.05, 0.1) is 36.6 Å². The first kappa shape index (κ1) is 35.7. The van der Waals surface area contributed by atoms with Crippen LogP contribution in [0.2, 0.25) is 0 Å². The van der Waals surface area contributed by atoms with Crippen LogP contribution in [0.4, 0.5) is 4.79 Å². The number of terminal acetylenes is 1. The summed E-state index contributed by atoms with van der Waals surface area (Å²) in [4.78, 5) is 52.6. The summed E-state index contributed by atoms with van der Waals surface area (Å²) in [5, 5.41) is 37.2. The van der Waals surface area contributed by atoms with E-state index < -0.39 is 53.7 Å². The van der Waals surface area contributed by atoms with E-state index in [1.165, 1.54) is 22.2 Å². The van der Waals surface area contributed by atoms with Crippen molar-refractivity contribution in [2.45, 2.75) is 114 Å². The maximum Gasteiger partial charge on any atom is 0.315 e. The maximum absolute atomic E-state index is 13.8. The molecule has 1 saturated carbocycles. The highest BCUT2D eigenvalue weighted by molar-refractivity contribution is 5.91. The molecule has 2 fully saturated rings. The third-order valence-corrected chi connectivity index (χ3v) is 8.62. The molecule has 0 radical (unpaired) electrons. The Morgan fingerprint density at radius 1 is 1.18 bits per heavy atom. The number of carbonyl (C=O) groups excluding carboxylic acids is 4. The molecule has 0 bridgehead atoms. The zero-order valence-electron chi connectivity index (χ0n) is 26.3. The van der Waals surface area contributed by atoms with Crippen molar-refractivity contribution in [1.82, 2.24) is 35.8 Å². The highest BCUT2D eigenvalue weighted by Gasteiger charge is 2.44. The van der Waals surface area contributed by atoms with E-state index in [-0.39, 0.29) is 31.8 Å². The highest BCUT2D eigenvalue weighted by atomic mass is 16.3. The number of nitrogens with one attached hydrogen (secondary N) is 3. The first-order valence-electron chi connectivity index (χ1n) is 15.8. The standard InChI is InChI=1S/C30H49N9O6/c1-4-13-33-29(44)34-14-9-8-12-22(25(40)26(32)41)36-27(42)23-16-20(39-24(17-35-37-39)30(2,3)45)18-38(23)28(43)21(31)15-19-10-6-5-7-11-19/h1,17,19-23,25,40,45H,5-16,18,31H2,2-3H3,(H2,32,41)(H,36,42)(H2,33,34,44)/t20-,21+,22?,23-,25?/m0/s1. The number of carbonyl (C=O) groups is 4. The summed E-state index contributed by atoms with van der Waals surface area (Å²) in [5.41, 5.74) is 11.0. The zero-order valence-corrected chi connectivity index (χ0v) is 26.3. The summed E-state index contributed by atoms with van der Waals surface area (Å²) in [6.07, 6.45) is 12.1. The molecule has 1 aliphatic heterocycles. The van der Waals surface area contributed by atoms with E-state index >= 15 is 0 Å². The average molecular weight is 632 g/mol. The van der Waals surface area contributed by atoms with Crippen LogP contribution in [0.5, 0.6) is 0 Å². The molecule has 9 N–H and O–H groups in total. The molecule has 2 unspecified atom stereocenters. The molecule has 2 heterocycles. The van der Waals surface area contributed by atoms with Crippen LogP contribution < -0.4 is 27.4 Å². The largest absolute Gasteiger partial charge is 0.384 e. The monoisotopic (exact) mass is 631 g/mol. The predicted molar refractivity (Wildman–Crippen MR) is 165 cm³/mol. The van der Waals surface area contributed by atoms with Gasteiger partial charge in [-0.1, -0.05) is 43.2 Å². The number of primary amides is 1. The Morgan fingerprint density at radius 2 is 1.89 bits per heavy atom. The molecule has 0 spiro atoms. The van der Waals surface area contributed by atoms with Crippen molar-refractivity contribution in [3.8, 4) is 12.3 Å². The molecule has 1 aliphatic carbocycles. The number of unbranched alkanes of at least 4 members (excludes halogenated alkanes) is 1. The van der Waals surface area contributed by atoms with Crippen molar-refractivity contribution in [1.29, 1.82) is 0 Å². The SMILES string of the molecule is C#CCNC(=O)NCCCCC(NC(=O)[C@@H]1C[C@H](n2nncc2C(C)(C)O)CN1C(=O)[C@H](N)CC1CCCCC1)C(O)C(N)=O. The van der Waals surface area contributed by atoms with Gasteiger partial charge in [0.15, 0.2) is 6.10 Å². The number of amides is 5. The fraction of sp³-hybridized carbons (Fsp3) is 0.733. The van der Waals surface area contributed by atoms with Gasteiger partial charge in [0.2, 0.25) is 17.7 Å². The first-order chi connectivity index (χ1) is 21.3. The number of rotatable bonds is 15. The topological polar surface area (TPSA) is 231 Å². The summed E-state index contributed by atoms with van der Waals surface area (Å²) in [5.74, 6) is 0.699. The Kier molecular flexibility index (Phi) is 13.1. The number of nitrogens with zero attached hydrogens (tertiary/aromatic N) is 4. The Hall–Kier alpha value is -3.74. The number of urea groups is 1. The normalized spacial score (nSPS) is 20.9. The van der Waals surface area contributed by atoms with E-state index in [9.17, 15) is 29.4 Å². The quantitative estimate of drug-likeness (QED) is 0.0964. The molecule has 1 aromatic heterocycles. The smallest absolute Gasteiger partial charge is 0.315 e. The second-order valence-electron chi connectivity index (χ2n) is 12.6. The van der Waals surface area contributed by atoms with E-state index in [4.69, 9.17) is 17.9 Å². The van der Waals surface area contributed by atoms with E-state index in [0.29, 0.717) is 37.4 Å². The van der Waals surface area contributed by atoms with Gasteiger partial charge >= 0.3 is 6.03 Å². The second kappa shape index (κ2) is 16.5. The first-order valence-corrected chi connectivity index (χ1v) is 15.8. The predicted octanol–water partition coefficient (Wildman–Crippen LogP) is -0.621. The molecule has 5 amide bonds. The third kappa shape index (κ3) is 10.1. The van der Waals surface area contributed by atoms with Crippen molar-refractivity contribution in [2.24, 2.45) is 17.4 Å². The van der Waals surface area contributed by atoms with Gasteiger partial charge in [-0.15, -0.1) is 11.5 Å². The second-order valence-corrected chi connectivity index (χ2v) is 12.6. The van der Waals surface area contributed by atoms with Crippen LogP contribution in [-0.4, -0.2) is 97.7 Å². The molecule has 250 valence electrons. The number of hydrogen-bond donors (Lipinski definition) is 7. The number of aromatic nitrogens is 3. The van der Waals surface area contributed by atoms with Gasteiger partial charge in [0.25, 0.3) is 0 Å². The van der Waals surface area contributed by atoms with Gasteiger partial charge in [-0.3, -0.25) is 14.4 Å². The third-order valence-electron chi connectivity index (χ3n) is 8.62.